The summed E-state index contributed by atoms with van der Waals surface area (Å²) in [4.78, 5) is 0. The van der Waals surface area contributed by atoms with Crippen LogP contribution in [0.25, 0.3) is 0 Å². The molecular formula is C12H16O. The van der Waals surface area contributed by atoms with Crippen molar-refractivity contribution in [3.05, 3.63) is 28.8 Å². The SMILES string of the molecule is Cc1cc2c(cc1C(C)C)OCC2. The van der Waals surface area contributed by atoms with Gasteiger partial charge in [0.2, 0.25) is 0 Å². The summed E-state index contributed by atoms with van der Waals surface area (Å²) in [5, 5.41) is 0. The number of hydrogen-bond acceptors (Lipinski definition) is 1. The molecule has 0 radical (unpaired) electrons. The second-order valence-electron chi connectivity index (χ2n) is 4.07. The average molecular weight is 176 g/mol. The second kappa shape index (κ2) is 3.06. The molecule has 0 spiro atoms. The zero-order valence-electron chi connectivity index (χ0n) is 8.55. The predicted molar refractivity (Wildman–Crippen MR) is 54.5 cm³/mol. The summed E-state index contributed by atoms with van der Waals surface area (Å²) in [6, 6.07) is 4.49. The highest BCUT2D eigenvalue weighted by molar-refractivity contribution is 5.45. The van der Waals surface area contributed by atoms with Gasteiger partial charge in [-0.1, -0.05) is 19.9 Å². The van der Waals surface area contributed by atoms with E-state index >= 15 is 0 Å². The highest BCUT2D eigenvalue weighted by Gasteiger charge is 2.15. The molecule has 1 heteroatoms. The van der Waals surface area contributed by atoms with Crippen molar-refractivity contribution in [2.75, 3.05) is 6.61 Å². The molecule has 0 saturated carbocycles. The first-order valence-electron chi connectivity index (χ1n) is 4.94. The van der Waals surface area contributed by atoms with E-state index in [-0.39, 0.29) is 0 Å². The van der Waals surface area contributed by atoms with Crippen LogP contribution in [0, 0.1) is 6.92 Å². The van der Waals surface area contributed by atoms with E-state index in [0.717, 1.165) is 18.8 Å². The Morgan fingerprint density at radius 2 is 2.08 bits per heavy atom. The van der Waals surface area contributed by atoms with E-state index in [4.69, 9.17) is 4.74 Å². The van der Waals surface area contributed by atoms with Gasteiger partial charge in [-0.2, -0.15) is 0 Å². The zero-order valence-corrected chi connectivity index (χ0v) is 8.55. The van der Waals surface area contributed by atoms with E-state index < -0.39 is 0 Å². The van der Waals surface area contributed by atoms with Gasteiger partial charge in [0.15, 0.2) is 0 Å². The molecule has 1 aliphatic rings. The highest BCUT2D eigenvalue weighted by Crippen LogP contribution is 2.31. The van der Waals surface area contributed by atoms with Gasteiger partial charge in [0, 0.05) is 6.42 Å². The molecule has 0 amide bonds. The molecule has 1 aromatic rings. The summed E-state index contributed by atoms with van der Waals surface area (Å²) in [6.07, 6.45) is 1.08. The minimum absolute atomic E-state index is 0.592. The van der Waals surface area contributed by atoms with Gasteiger partial charge in [0.25, 0.3) is 0 Å². The van der Waals surface area contributed by atoms with Crippen molar-refractivity contribution in [2.24, 2.45) is 0 Å². The number of aryl methyl sites for hydroxylation is 1. The van der Waals surface area contributed by atoms with Gasteiger partial charge < -0.3 is 4.74 Å². The predicted octanol–water partition coefficient (Wildman–Crippen LogP) is 3.05. The van der Waals surface area contributed by atoms with Crippen molar-refractivity contribution in [3.8, 4) is 5.75 Å². The topological polar surface area (TPSA) is 9.23 Å². The Balaban J connectivity index is 2.49. The minimum atomic E-state index is 0.592. The van der Waals surface area contributed by atoms with Gasteiger partial charge in [-0.3, -0.25) is 0 Å². The number of hydrogen-bond donors (Lipinski definition) is 0. The number of benzene rings is 1. The van der Waals surface area contributed by atoms with Crippen LogP contribution in [0.2, 0.25) is 0 Å². The first kappa shape index (κ1) is 8.61. The third-order valence-corrected chi connectivity index (χ3v) is 2.70. The van der Waals surface area contributed by atoms with Crippen molar-refractivity contribution < 1.29 is 4.74 Å². The Hall–Kier alpha value is -0.980. The molecule has 1 aromatic carbocycles. The van der Waals surface area contributed by atoms with Crippen LogP contribution >= 0.6 is 0 Å². The Morgan fingerprint density at radius 1 is 1.31 bits per heavy atom. The molecule has 2 rings (SSSR count). The maximum atomic E-state index is 5.54. The smallest absolute Gasteiger partial charge is 0.122 e. The van der Waals surface area contributed by atoms with Gasteiger partial charge in [-0.15, -0.1) is 0 Å². The van der Waals surface area contributed by atoms with E-state index in [0.29, 0.717) is 5.92 Å². The van der Waals surface area contributed by atoms with Crippen molar-refractivity contribution in [1.82, 2.24) is 0 Å². The van der Waals surface area contributed by atoms with Gasteiger partial charge in [0.1, 0.15) is 5.75 Å². The van der Waals surface area contributed by atoms with E-state index in [1.54, 1.807) is 0 Å². The van der Waals surface area contributed by atoms with Gasteiger partial charge in [0.05, 0.1) is 6.61 Å². The van der Waals surface area contributed by atoms with Gasteiger partial charge in [-0.25, -0.2) is 0 Å². The van der Waals surface area contributed by atoms with Crippen LogP contribution in [-0.4, -0.2) is 6.61 Å². The molecule has 1 nitrogen and oxygen atoms in total. The van der Waals surface area contributed by atoms with E-state index in [1.165, 1.54) is 16.7 Å². The summed E-state index contributed by atoms with van der Waals surface area (Å²) in [6.45, 7) is 7.50. The molecule has 0 aliphatic carbocycles. The highest BCUT2D eigenvalue weighted by atomic mass is 16.5. The largest absolute Gasteiger partial charge is 0.493 e. The maximum absolute atomic E-state index is 5.54. The molecule has 0 fully saturated rings. The van der Waals surface area contributed by atoms with Crippen LogP contribution in [-0.2, 0) is 6.42 Å². The summed E-state index contributed by atoms with van der Waals surface area (Å²) in [7, 11) is 0. The fourth-order valence-corrected chi connectivity index (χ4v) is 1.99. The summed E-state index contributed by atoms with van der Waals surface area (Å²) >= 11 is 0. The van der Waals surface area contributed by atoms with E-state index in [9.17, 15) is 0 Å². The van der Waals surface area contributed by atoms with Crippen LogP contribution in [0.15, 0.2) is 12.1 Å². The number of fused-ring (bicyclic) bond motifs is 1. The Morgan fingerprint density at radius 3 is 2.77 bits per heavy atom. The maximum Gasteiger partial charge on any atom is 0.122 e. The van der Waals surface area contributed by atoms with Gasteiger partial charge in [-0.05, 0) is 35.6 Å². The van der Waals surface area contributed by atoms with Crippen molar-refractivity contribution in [3.63, 3.8) is 0 Å². The number of ether oxygens (including phenoxy) is 1. The zero-order chi connectivity index (χ0) is 9.42. The molecule has 13 heavy (non-hydrogen) atoms. The Labute approximate surface area is 79.7 Å². The van der Waals surface area contributed by atoms with E-state index in [2.05, 4.69) is 32.9 Å². The molecule has 0 aromatic heterocycles. The third kappa shape index (κ3) is 1.43. The summed E-state index contributed by atoms with van der Waals surface area (Å²) < 4.78 is 5.54. The van der Waals surface area contributed by atoms with Crippen LogP contribution in [0.4, 0.5) is 0 Å². The molecule has 0 saturated heterocycles. The van der Waals surface area contributed by atoms with Crippen LogP contribution in [0.3, 0.4) is 0 Å². The van der Waals surface area contributed by atoms with Crippen LogP contribution in [0.1, 0.15) is 36.5 Å². The van der Waals surface area contributed by atoms with Crippen molar-refractivity contribution in [1.29, 1.82) is 0 Å². The molecule has 0 atom stereocenters. The standard InChI is InChI=1S/C12H16O/c1-8(2)11-7-12-10(4-5-13-12)6-9(11)3/h6-8H,4-5H2,1-3H3. The minimum Gasteiger partial charge on any atom is -0.493 e. The molecule has 0 N–H and O–H groups in total. The first-order chi connectivity index (χ1) is 6.18. The molecule has 0 bridgehead atoms. The van der Waals surface area contributed by atoms with Gasteiger partial charge >= 0.3 is 0 Å². The molecule has 1 aliphatic heterocycles. The van der Waals surface area contributed by atoms with E-state index in [1.807, 2.05) is 0 Å². The lowest BCUT2D eigenvalue weighted by atomic mass is 9.95. The lowest BCUT2D eigenvalue weighted by Gasteiger charge is -2.11. The molecule has 1 heterocycles. The fraction of sp³-hybridized carbons (Fsp3) is 0.500. The fourth-order valence-electron chi connectivity index (χ4n) is 1.99. The lowest BCUT2D eigenvalue weighted by molar-refractivity contribution is 0.356. The Bertz CT molecular complexity index is 326. The normalized spacial score (nSPS) is 14.5. The monoisotopic (exact) mass is 176 g/mol. The van der Waals surface area contributed by atoms with Crippen LogP contribution in [0.5, 0.6) is 5.75 Å². The molecular weight excluding hydrogens is 160 g/mol. The lowest BCUT2D eigenvalue weighted by Crippen LogP contribution is -1.93. The Kier molecular flexibility index (Phi) is 2.03. The summed E-state index contributed by atoms with van der Waals surface area (Å²) in [5.41, 5.74) is 4.20. The third-order valence-electron chi connectivity index (χ3n) is 2.70. The summed E-state index contributed by atoms with van der Waals surface area (Å²) in [5.74, 6) is 1.70. The number of rotatable bonds is 1. The second-order valence-corrected chi connectivity index (χ2v) is 4.07. The molecule has 0 unspecified atom stereocenters. The van der Waals surface area contributed by atoms with Crippen molar-refractivity contribution >= 4 is 0 Å². The van der Waals surface area contributed by atoms with Crippen molar-refractivity contribution in [2.45, 2.75) is 33.1 Å². The molecule has 70 valence electrons. The quantitative estimate of drug-likeness (QED) is 0.639. The van der Waals surface area contributed by atoms with Crippen LogP contribution < -0.4 is 4.74 Å². The average Bonchev–Trinajstić information content (AvgIpc) is 2.48. The first-order valence-corrected chi connectivity index (χ1v) is 4.94.